The van der Waals surface area contributed by atoms with E-state index >= 15 is 0 Å². The van der Waals surface area contributed by atoms with Crippen molar-refractivity contribution in [2.75, 3.05) is 4.72 Å². The number of aliphatic hydroxyl groups excluding tert-OH is 1. The second kappa shape index (κ2) is 5.60. The summed E-state index contributed by atoms with van der Waals surface area (Å²) in [4.78, 5) is 4.23. The van der Waals surface area contributed by atoms with Gasteiger partial charge in [0.05, 0.1) is 11.0 Å². The van der Waals surface area contributed by atoms with Crippen molar-refractivity contribution >= 4 is 15.8 Å². The summed E-state index contributed by atoms with van der Waals surface area (Å²) in [6, 6.07) is 11.2. The number of aromatic nitrogens is 1. The average Bonchev–Trinajstić information content (AvgIpc) is 2.38. The number of nitrogens with one attached hydrogen (secondary N) is 1. The van der Waals surface area contributed by atoms with E-state index in [1.807, 2.05) is 0 Å². The Balaban J connectivity index is 2.26. The van der Waals surface area contributed by atoms with Gasteiger partial charge in [0, 0.05) is 5.69 Å². The Bertz CT molecular complexity index is 695. The molecule has 0 saturated carbocycles. The van der Waals surface area contributed by atoms with Gasteiger partial charge < -0.3 is 5.11 Å². The lowest BCUT2D eigenvalue weighted by atomic mass is 10.1. The Morgan fingerprint density at radius 1 is 1.15 bits per heavy atom. The monoisotopic (exact) mass is 292 g/mol. The molecular weight excluding hydrogens is 276 g/mol. The first-order chi connectivity index (χ1) is 9.38. The van der Waals surface area contributed by atoms with Crippen LogP contribution in [0.2, 0.25) is 0 Å². The van der Waals surface area contributed by atoms with E-state index in [0.717, 1.165) is 5.69 Å². The van der Waals surface area contributed by atoms with Crippen LogP contribution in [0, 0.1) is 6.92 Å². The summed E-state index contributed by atoms with van der Waals surface area (Å²) in [5.74, 6) is 0.282. The standard InChI is InChI=1S/C14H16N2O3S/c1-10-4-3-5-14(15-10)16-20(18,19)13-8-6-12(7-9-13)11(2)17/h3-9,11,17H,1-2H3,(H,15,16). The van der Waals surface area contributed by atoms with Gasteiger partial charge in [-0.05, 0) is 43.7 Å². The van der Waals surface area contributed by atoms with Gasteiger partial charge in [-0.3, -0.25) is 4.72 Å². The van der Waals surface area contributed by atoms with Crippen molar-refractivity contribution in [1.29, 1.82) is 0 Å². The molecule has 1 atom stereocenters. The first kappa shape index (κ1) is 14.5. The van der Waals surface area contributed by atoms with Gasteiger partial charge in [0.15, 0.2) is 0 Å². The quantitative estimate of drug-likeness (QED) is 0.905. The molecule has 0 fully saturated rings. The molecule has 0 saturated heterocycles. The molecule has 6 heteroatoms. The first-order valence-corrected chi connectivity index (χ1v) is 7.61. The molecule has 2 aromatic rings. The van der Waals surface area contributed by atoms with Gasteiger partial charge in [0.2, 0.25) is 0 Å². The minimum Gasteiger partial charge on any atom is -0.389 e. The fourth-order valence-electron chi connectivity index (χ4n) is 1.72. The second-order valence-electron chi connectivity index (χ2n) is 4.51. The van der Waals surface area contributed by atoms with Gasteiger partial charge in [0.25, 0.3) is 10.0 Å². The zero-order valence-corrected chi connectivity index (χ0v) is 12.1. The molecule has 1 aromatic heterocycles. The van der Waals surface area contributed by atoms with Gasteiger partial charge in [-0.2, -0.15) is 0 Å². The largest absolute Gasteiger partial charge is 0.389 e. The summed E-state index contributed by atoms with van der Waals surface area (Å²) in [5.41, 5.74) is 1.40. The van der Waals surface area contributed by atoms with Crippen molar-refractivity contribution in [1.82, 2.24) is 4.98 Å². The van der Waals surface area contributed by atoms with Crippen LogP contribution in [0.4, 0.5) is 5.82 Å². The summed E-state index contributed by atoms with van der Waals surface area (Å²) in [5, 5.41) is 9.41. The topological polar surface area (TPSA) is 79.3 Å². The molecule has 106 valence electrons. The highest BCUT2D eigenvalue weighted by molar-refractivity contribution is 7.92. The molecule has 1 aromatic carbocycles. The van der Waals surface area contributed by atoms with Crippen LogP contribution in [-0.4, -0.2) is 18.5 Å². The van der Waals surface area contributed by atoms with E-state index in [9.17, 15) is 13.5 Å². The molecule has 0 aliphatic carbocycles. The summed E-state index contributed by atoms with van der Waals surface area (Å²) in [7, 11) is -3.67. The van der Waals surface area contributed by atoms with E-state index in [4.69, 9.17) is 0 Å². The Morgan fingerprint density at radius 3 is 2.35 bits per heavy atom. The molecule has 2 rings (SSSR count). The number of hydrogen-bond acceptors (Lipinski definition) is 4. The van der Waals surface area contributed by atoms with Crippen LogP contribution in [0.25, 0.3) is 0 Å². The van der Waals surface area contributed by atoms with Crippen molar-refractivity contribution in [3.8, 4) is 0 Å². The van der Waals surface area contributed by atoms with Crippen LogP contribution in [0.1, 0.15) is 24.3 Å². The second-order valence-corrected chi connectivity index (χ2v) is 6.20. The lowest BCUT2D eigenvalue weighted by Crippen LogP contribution is -2.14. The third-order valence-corrected chi connectivity index (χ3v) is 4.17. The summed E-state index contributed by atoms with van der Waals surface area (Å²) in [6.07, 6.45) is -0.627. The molecule has 0 bridgehead atoms. The maximum atomic E-state index is 12.2. The average molecular weight is 292 g/mol. The van der Waals surface area contributed by atoms with Gasteiger partial charge in [-0.25, -0.2) is 13.4 Å². The van der Waals surface area contributed by atoms with Crippen molar-refractivity contribution in [3.05, 3.63) is 53.7 Å². The Labute approximate surface area is 118 Å². The number of rotatable bonds is 4. The Hall–Kier alpha value is -1.92. The third-order valence-electron chi connectivity index (χ3n) is 2.80. The predicted octanol–water partition coefficient (Wildman–Crippen LogP) is 2.24. The molecule has 0 amide bonds. The molecule has 2 N–H and O–H groups in total. The van der Waals surface area contributed by atoms with Crippen LogP contribution in [0.3, 0.4) is 0 Å². The SMILES string of the molecule is Cc1cccc(NS(=O)(=O)c2ccc(C(C)O)cc2)n1. The van der Waals surface area contributed by atoms with Gasteiger partial charge >= 0.3 is 0 Å². The molecule has 0 radical (unpaired) electrons. The highest BCUT2D eigenvalue weighted by Gasteiger charge is 2.15. The molecule has 1 heterocycles. The predicted molar refractivity (Wildman–Crippen MR) is 76.9 cm³/mol. The number of benzene rings is 1. The summed E-state index contributed by atoms with van der Waals surface area (Å²) in [6.45, 7) is 3.41. The minimum atomic E-state index is -3.67. The van der Waals surface area contributed by atoms with Gasteiger partial charge in [0.1, 0.15) is 5.82 Å². The van der Waals surface area contributed by atoms with E-state index in [2.05, 4.69) is 9.71 Å². The van der Waals surface area contributed by atoms with Gasteiger partial charge in [-0.1, -0.05) is 18.2 Å². The Morgan fingerprint density at radius 2 is 1.80 bits per heavy atom. The normalized spacial score (nSPS) is 12.9. The number of pyridine rings is 1. The minimum absolute atomic E-state index is 0.130. The van der Waals surface area contributed by atoms with Crippen LogP contribution < -0.4 is 4.72 Å². The van der Waals surface area contributed by atoms with E-state index in [-0.39, 0.29) is 10.7 Å². The van der Waals surface area contributed by atoms with Crippen LogP contribution in [0.5, 0.6) is 0 Å². The first-order valence-electron chi connectivity index (χ1n) is 6.13. The number of hydrogen-bond donors (Lipinski definition) is 2. The van der Waals surface area contributed by atoms with Crippen molar-refractivity contribution < 1.29 is 13.5 Å². The lowest BCUT2D eigenvalue weighted by molar-refractivity contribution is 0.199. The number of aryl methyl sites for hydroxylation is 1. The highest BCUT2D eigenvalue weighted by atomic mass is 32.2. The van der Waals surface area contributed by atoms with Crippen LogP contribution in [-0.2, 0) is 10.0 Å². The van der Waals surface area contributed by atoms with E-state index < -0.39 is 16.1 Å². The van der Waals surface area contributed by atoms with Crippen LogP contribution >= 0.6 is 0 Å². The van der Waals surface area contributed by atoms with E-state index in [1.54, 1.807) is 44.2 Å². The van der Waals surface area contributed by atoms with Crippen molar-refractivity contribution in [3.63, 3.8) is 0 Å². The fraction of sp³-hybridized carbons (Fsp3) is 0.214. The highest BCUT2D eigenvalue weighted by Crippen LogP contribution is 2.18. The number of aliphatic hydroxyl groups is 1. The zero-order valence-electron chi connectivity index (χ0n) is 11.2. The van der Waals surface area contributed by atoms with E-state index in [1.165, 1.54) is 12.1 Å². The third kappa shape index (κ3) is 3.34. The summed E-state index contributed by atoms with van der Waals surface area (Å²) < 4.78 is 26.8. The molecule has 0 aliphatic heterocycles. The number of nitrogens with zero attached hydrogens (tertiary/aromatic N) is 1. The summed E-state index contributed by atoms with van der Waals surface area (Å²) >= 11 is 0. The van der Waals surface area contributed by atoms with Crippen molar-refractivity contribution in [2.24, 2.45) is 0 Å². The number of sulfonamides is 1. The number of anilines is 1. The maximum Gasteiger partial charge on any atom is 0.263 e. The molecule has 0 spiro atoms. The Kier molecular flexibility index (Phi) is 4.06. The van der Waals surface area contributed by atoms with Gasteiger partial charge in [-0.15, -0.1) is 0 Å². The lowest BCUT2D eigenvalue weighted by Gasteiger charge is -2.09. The smallest absolute Gasteiger partial charge is 0.263 e. The molecule has 5 nitrogen and oxygen atoms in total. The maximum absolute atomic E-state index is 12.2. The molecular formula is C14H16N2O3S. The fourth-order valence-corrected chi connectivity index (χ4v) is 2.72. The zero-order chi connectivity index (χ0) is 14.8. The molecule has 1 unspecified atom stereocenters. The molecule has 20 heavy (non-hydrogen) atoms. The molecule has 0 aliphatic rings. The van der Waals surface area contributed by atoms with E-state index in [0.29, 0.717) is 5.56 Å². The van der Waals surface area contributed by atoms with Crippen molar-refractivity contribution in [2.45, 2.75) is 24.8 Å². The van der Waals surface area contributed by atoms with Crippen LogP contribution in [0.15, 0.2) is 47.4 Å².